The number of benzene rings is 1. The molecule has 2 amide bonds. The molecule has 2 rings (SSSR count). The van der Waals surface area contributed by atoms with Crippen LogP contribution >= 0.6 is 15.9 Å². The third-order valence-electron chi connectivity index (χ3n) is 3.75. The Labute approximate surface area is 131 Å². The summed E-state index contributed by atoms with van der Waals surface area (Å²) in [5.74, 6) is -0.912. The van der Waals surface area contributed by atoms with Crippen molar-refractivity contribution in [2.75, 3.05) is 5.32 Å². The molecule has 1 N–H and O–H groups in total. The Hall–Kier alpha value is -1.43. The van der Waals surface area contributed by atoms with Crippen molar-refractivity contribution in [3.05, 3.63) is 28.5 Å². The molecule has 1 aliphatic heterocycles. The van der Waals surface area contributed by atoms with Gasteiger partial charge in [0.1, 0.15) is 11.9 Å². The smallest absolute Gasteiger partial charge is 0.252 e. The van der Waals surface area contributed by atoms with Crippen LogP contribution in [0.5, 0.6) is 0 Å². The standard InChI is InChI=1S/C15H18BrFN2O2/c1-3-10(4-2)19-14(20)8-13(15(19)21)18-12-6-5-9(16)7-11(12)17/h5-7,10,13,18H,3-4,8H2,1-2H3. The summed E-state index contributed by atoms with van der Waals surface area (Å²) in [6.07, 6.45) is 1.53. The minimum Gasteiger partial charge on any atom is -0.371 e. The van der Waals surface area contributed by atoms with Crippen LogP contribution in [-0.4, -0.2) is 28.8 Å². The van der Waals surface area contributed by atoms with Crippen LogP contribution < -0.4 is 5.32 Å². The van der Waals surface area contributed by atoms with Crippen LogP contribution in [-0.2, 0) is 9.59 Å². The van der Waals surface area contributed by atoms with E-state index in [1.807, 2.05) is 13.8 Å². The monoisotopic (exact) mass is 356 g/mol. The second-order valence-electron chi connectivity index (χ2n) is 5.10. The average Bonchev–Trinajstić information content (AvgIpc) is 2.71. The third-order valence-corrected chi connectivity index (χ3v) is 4.24. The van der Waals surface area contributed by atoms with Crippen LogP contribution in [0.1, 0.15) is 33.1 Å². The molecule has 1 atom stereocenters. The van der Waals surface area contributed by atoms with Crippen LogP contribution in [0.4, 0.5) is 10.1 Å². The molecule has 21 heavy (non-hydrogen) atoms. The summed E-state index contributed by atoms with van der Waals surface area (Å²) in [5, 5.41) is 2.84. The molecule has 4 nitrogen and oxygen atoms in total. The molecule has 1 aromatic carbocycles. The van der Waals surface area contributed by atoms with Crippen molar-refractivity contribution >= 4 is 33.4 Å². The number of nitrogens with one attached hydrogen (secondary N) is 1. The molecule has 1 unspecified atom stereocenters. The summed E-state index contributed by atoms with van der Waals surface area (Å²) < 4.78 is 14.4. The van der Waals surface area contributed by atoms with E-state index < -0.39 is 11.9 Å². The van der Waals surface area contributed by atoms with Gasteiger partial charge in [-0.3, -0.25) is 14.5 Å². The molecule has 0 bridgehead atoms. The van der Waals surface area contributed by atoms with Gasteiger partial charge in [0.15, 0.2) is 0 Å². The first-order chi connectivity index (χ1) is 9.97. The Morgan fingerprint density at radius 1 is 1.38 bits per heavy atom. The molecule has 1 aromatic rings. The maximum atomic E-state index is 13.8. The fourth-order valence-corrected chi connectivity index (χ4v) is 2.93. The molecule has 1 saturated heterocycles. The highest BCUT2D eigenvalue weighted by atomic mass is 79.9. The summed E-state index contributed by atoms with van der Waals surface area (Å²) in [6.45, 7) is 3.90. The fraction of sp³-hybridized carbons (Fsp3) is 0.467. The summed E-state index contributed by atoms with van der Waals surface area (Å²) in [6, 6.07) is 3.80. The lowest BCUT2D eigenvalue weighted by atomic mass is 10.1. The van der Waals surface area contributed by atoms with Gasteiger partial charge in [-0.2, -0.15) is 0 Å². The maximum Gasteiger partial charge on any atom is 0.252 e. The van der Waals surface area contributed by atoms with Crippen molar-refractivity contribution in [3.8, 4) is 0 Å². The zero-order chi connectivity index (χ0) is 15.6. The van der Waals surface area contributed by atoms with E-state index in [-0.39, 0.29) is 30.0 Å². The Morgan fingerprint density at radius 3 is 2.62 bits per heavy atom. The zero-order valence-electron chi connectivity index (χ0n) is 12.0. The predicted molar refractivity (Wildman–Crippen MR) is 82.4 cm³/mol. The van der Waals surface area contributed by atoms with E-state index in [1.165, 1.54) is 11.0 Å². The van der Waals surface area contributed by atoms with Crippen molar-refractivity contribution in [2.45, 2.75) is 45.2 Å². The highest BCUT2D eigenvalue weighted by molar-refractivity contribution is 9.10. The molecule has 6 heteroatoms. The van der Waals surface area contributed by atoms with Crippen molar-refractivity contribution < 1.29 is 14.0 Å². The van der Waals surface area contributed by atoms with Crippen LogP contribution in [0.15, 0.2) is 22.7 Å². The largest absolute Gasteiger partial charge is 0.371 e. The number of hydrogen-bond acceptors (Lipinski definition) is 3. The second-order valence-corrected chi connectivity index (χ2v) is 6.01. The molecule has 1 aliphatic rings. The van der Waals surface area contributed by atoms with Gasteiger partial charge in [-0.1, -0.05) is 29.8 Å². The molecule has 1 heterocycles. The molecule has 0 saturated carbocycles. The molecular formula is C15H18BrFN2O2. The Morgan fingerprint density at radius 2 is 2.05 bits per heavy atom. The summed E-state index contributed by atoms with van der Waals surface area (Å²) >= 11 is 3.18. The fourth-order valence-electron chi connectivity index (χ4n) is 2.60. The number of rotatable bonds is 5. The van der Waals surface area contributed by atoms with Gasteiger partial charge in [-0.25, -0.2) is 4.39 Å². The number of likely N-dealkylation sites (tertiary alicyclic amines) is 1. The third kappa shape index (κ3) is 3.26. The van der Waals surface area contributed by atoms with Crippen LogP contribution in [0.3, 0.4) is 0 Å². The lowest BCUT2D eigenvalue weighted by molar-refractivity contribution is -0.141. The van der Waals surface area contributed by atoms with Gasteiger partial charge in [-0.05, 0) is 31.0 Å². The van der Waals surface area contributed by atoms with Gasteiger partial charge in [0.2, 0.25) is 5.91 Å². The molecule has 0 spiro atoms. The topological polar surface area (TPSA) is 49.4 Å². The van der Waals surface area contributed by atoms with Crippen molar-refractivity contribution in [1.82, 2.24) is 4.90 Å². The van der Waals surface area contributed by atoms with E-state index in [4.69, 9.17) is 0 Å². The first-order valence-corrected chi connectivity index (χ1v) is 7.84. The Bertz CT molecular complexity index is 561. The first-order valence-electron chi connectivity index (χ1n) is 7.05. The lowest BCUT2D eigenvalue weighted by Gasteiger charge is -2.24. The van der Waals surface area contributed by atoms with Gasteiger partial charge < -0.3 is 5.32 Å². The number of hydrogen-bond donors (Lipinski definition) is 1. The zero-order valence-corrected chi connectivity index (χ0v) is 13.6. The minimum atomic E-state index is -0.686. The molecular weight excluding hydrogens is 339 g/mol. The lowest BCUT2D eigenvalue weighted by Crippen LogP contribution is -2.41. The van der Waals surface area contributed by atoms with Crippen molar-refractivity contribution in [3.63, 3.8) is 0 Å². The minimum absolute atomic E-state index is 0.0742. The summed E-state index contributed by atoms with van der Waals surface area (Å²) in [7, 11) is 0. The highest BCUT2D eigenvalue weighted by Crippen LogP contribution is 2.25. The first kappa shape index (κ1) is 15.9. The Kier molecular flexibility index (Phi) is 4.98. The molecule has 1 fully saturated rings. The number of imide groups is 1. The van der Waals surface area contributed by atoms with E-state index in [9.17, 15) is 14.0 Å². The van der Waals surface area contributed by atoms with E-state index in [1.54, 1.807) is 12.1 Å². The SMILES string of the molecule is CCC(CC)N1C(=O)CC(Nc2ccc(Br)cc2F)C1=O. The number of halogens is 2. The van der Waals surface area contributed by atoms with Gasteiger partial charge in [-0.15, -0.1) is 0 Å². The van der Waals surface area contributed by atoms with E-state index in [2.05, 4.69) is 21.2 Å². The van der Waals surface area contributed by atoms with E-state index >= 15 is 0 Å². The summed E-state index contributed by atoms with van der Waals surface area (Å²) in [5.41, 5.74) is 0.232. The van der Waals surface area contributed by atoms with E-state index in [0.717, 1.165) is 12.8 Å². The van der Waals surface area contributed by atoms with Gasteiger partial charge in [0.25, 0.3) is 5.91 Å². The van der Waals surface area contributed by atoms with Crippen LogP contribution in [0.2, 0.25) is 0 Å². The molecule has 0 aromatic heterocycles. The molecule has 0 radical (unpaired) electrons. The summed E-state index contributed by atoms with van der Waals surface area (Å²) in [4.78, 5) is 25.7. The predicted octanol–water partition coefficient (Wildman–Crippen LogP) is 3.32. The van der Waals surface area contributed by atoms with Crippen molar-refractivity contribution in [1.29, 1.82) is 0 Å². The number of carbonyl (C=O) groups excluding carboxylic acids is 2. The van der Waals surface area contributed by atoms with Gasteiger partial charge in [0.05, 0.1) is 12.1 Å². The number of amides is 2. The normalized spacial score (nSPS) is 18.7. The average molecular weight is 357 g/mol. The van der Waals surface area contributed by atoms with Gasteiger partial charge >= 0.3 is 0 Å². The van der Waals surface area contributed by atoms with E-state index in [0.29, 0.717) is 4.47 Å². The highest BCUT2D eigenvalue weighted by Gasteiger charge is 2.41. The Balaban J connectivity index is 2.15. The number of carbonyl (C=O) groups is 2. The molecule has 0 aliphatic carbocycles. The molecule has 114 valence electrons. The quantitative estimate of drug-likeness (QED) is 0.823. The van der Waals surface area contributed by atoms with Crippen molar-refractivity contribution in [2.24, 2.45) is 0 Å². The maximum absolute atomic E-state index is 13.8. The number of nitrogens with zero attached hydrogens (tertiary/aromatic N) is 1. The van der Waals surface area contributed by atoms with Crippen LogP contribution in [0, 0.1) is 5.82 Å². The number of anilines is 1. The van der Waals surface area contributed by atoms with Crippen LogP contribution in [0.25, 0.3) is 0 Å². The van der Waals surface area contributed by atoms with Gasteiger partial charge in [0, 0.05) is 10.5 Å². The second kappa shape index (κ2) is 6.56.